The summed E-state index contributed by atoms with van der Waals surface area (Å²) in [6.45, 7) is 2.27. The van der Waals surface area contributed by atoms with E-state index in [1.54, 1.807) is 24.1 Å². The number of nitrogens with two attached hydrogens (primary N) is 1. The molecule has 2 aromatic rings. The SMILES string of the molecule is COCCn1nnc(C2CN(C(=O)c3ccc(N)nc3)CCO2)n1. The fourth-order valence-electron chi connectivity index (χ4n) is 2.36. The first kappa shape index (κ1) is 16.3. The second kappa shape index (κ2) is 7.32. The lowest BCUT2D eigenvalue weighted by atomic mass is 10.2. The van der Waals surface area contributed by atoms with Crippen LogP contribution in [-0.4, -0.2) is 69.4 Å². The maximum atomic E-state index is 12.5. The quantitative estimate of drug-likeness (QED) is 0.778. The number of hydrogen-bond acceptors (Lipinski definition) is 8. The van der Waals surface area contributed by atoms with Gasteiger partial charge in [0.1, 0.15) is 11.9 Å². The van der Waals surface area contributed by atoms with E-state index in [9.17, 15) is 4.79 Å². The molecule has 0 aliphatic carbocycles. The van der Waals surface area contributed by atoms with Crippen molar-refractivity contribution >= 4 is 11.7 Å². The van der Waals surface area contributed by atoms with Crippen LogP contribution in [0.4, 0.5) is 5.82 Å². The van der Waals surface area contributed by atoms with Crippen LogP contribution >= 0.6 is 0 Å². The number of morpholine rings is 1. The molecule has 10 nitrogen and oxygen atoms in total. The van der Waals surface area contributed by atoms with Gasteiger partial charge >= 0.3 is 0 Å². The topological polar surface area (TPSA) is 121 Å². The second-order valence-corrected chi connectivity index (χ2v) is 5.32. The van der Waals surface area contributed by atoms with E-state index < -0.39 is 6.10 Å². The maximum Gasteiger partial charge on any atom is 0.255 e. The van der Waals surface area contributed by atoms with E-state index in [1.165, 1.54) is 11.0 Å². The zero-order valence-electron chi connectivity index (χ0n) is 13.3. The Bertz CT molecular complexity index is 688. The molecule has 0 bridgehead atoms. The molecule has 24 heavy (non-hydrogen) atoms. The predicted molar refractivity (Wildman–Crippen MR) is 82.9 cm³/mol. The number of amides is 1. The van der Waals surface area contributed by atoms with Gasteiger partial charge in [0.15, 0.2) is 0 Å². The molecule has 3 rings (SSSR count). The predicted octanol–water partition coefficient (Wildman–Crippen LogP) is -0.490. The van der Waals surface area contributed by atoms with Crippen LogP contribution in [0.1, 0.15) is 22.3 Å². The molecule has 1 aliphatic heterocycles. The Morgan fingerprint density at radius 3 is 3.12 bits per heavy atom. The molecule has 1 atom stereocenters. The number of aromatic nitrogens is 5. The minimum Gasteiger partial charge on any atom is -0.384 e. The molecule has 2 N–H and O–H groups in total. The molecule has 1 unspecified atom stereocenters. The standard InChI is InChI=1S/C14H19N7O3/c1-23-6-5-21-18-13(17-19-21)11-9-20(4-7-24-11)14(22)10-2-3-12(15)16-8-10/h2-3,8,11H,4-7,9H2,1H3,(H2,15,16). The summed E-state index contributed by atoms with van der Waals surface area (Å²) in [5, 5.41) is 12.2. The van der Waals surface area contributed by atoms with Gasteiger partial charge in [-0.1, -0.05) is 0 Å². The molecule has 0 saturated carbocycles. The first-order valence-electron chi connectivity index (χ1n) is 7.56. The summed E-state index contributed by atoms with van der Waals surface area (Å²) in [6, 6.07) is 3.27. The van der Waals surface area contributed by atoms with Crippen LogP contribution in [0.2, 0.25) is 0 Å². The molecule has 1 amide bonds. The van der Waals surface area contributed by atoms with Gasteiger partial charge in [0.25, 0.3) is 5.91 Å². The number of ether oxygens (including phenoxy) is 2. The van der Waals surface area contributed by atoms with Gasteiger partial charge in [-0.15, -0.1) is 10.2 Å². The van der Waals surface area contributed by atoms with E-state index in [1.807, 2.05) is 0 Å². The third kappa shape index (κ3) is 3.66. The van der Waals surface area contributed by atoms with Gasteiger partial charge in [-0.2, -0.15) is 4.80 Å². The van der Waals surface area contributed by atoms with Gasteiger partial charge in [0.2, 0.25) is 5.82 Å². The van der Waals surface area contributed by atoms with Crippen LogP contribution in [0, 0.1) is 0 Å². The summed E-state index contributed by atoms with van der Waals surface area (Å²) < 4.78 is 10.7. The Morgan fingerprint density at radius 1 is 1.50 bits per heavy atom. The minimum absolute atomic E-state index is 0.123. The molecule has 0 aromatic carbocycles. The summed E-state index contributed by atoms with van der Waals surface area (Å²) in [7, 11) is 1.61. The lowest BCUT2D eigenvalue weighted by molar-refractivity contribution is -0.0269. The maximum absolute atomic E-state index is 12.5. The molecule has 128 valence electrons. The first-order chi connectivity index (χ1) is 11.7. The van der Waals surface area contributed by atoms with E-state index >= 15 is 0 Å². The fourth-order valence-corrected chi connectivity index (χ4v) is 2.36. The van der Waals surface area contributed by atoms with Gasteiger partial charge in [-0.05, 0) is 17.3 Å². The summed E-state index contributed by atoms with van der Waals surface area (Å²) in [5.41, 5.74) is 6.04. The van der Waals surface area contributed by atoms with Crippen molar-refractivity contribution in [3.63, 3.8) is 0 Å². The number of anilines is 1. The van der Waals surface area contributed by atoms with Crippen LogP contribution in [0.25, 0.3) is 0 Å². The monoisotopic (exact) mass is 333 g/mol. The number of pyridine rings is 1. The highest BCUT2D eigenvalue weighted by atomic mass is 16.5. The fraction of sp³-hybridized carbons (Fsp3) is 0.500. The van der Waals surface area contributed by atoms with Crippen molar-refractivity contribution in [2.24, 2.45) is 0 Å². The molecule has 0 spiro atoms. The Balaban J connectivity index is 1.66. The minimum atomic E-state index is -0.402. The van der Waals surface area contributed by atoms with Crippen LogP contribution in [-0.2, 0) is 16.0 Å². The summed E-state index contributed by atoms with van der Waals surface area (Å²) in [4.78, 5) is 19.6. The van der Waals surface area contributed by atoms with Gasteiger partial charge in [0.05, 0.1) is 31.9 Å². The average Bonchev–Trinajstić information content (AvgIpc) is 3.09. The molecule has 2 aromatic heterocycles. The highest BCUT2D eigenvalue weighted by molar-refractivity contribution is 5.94. The number of rotatable bonds is 5. The zero-order chi connectivity index (χ0) is 16.9. The van der Waals surface area contributed by atoms with Crippen LogP contribution < -0.4 is 5.73 Å². The Morgan fingerprint density at radius 2 is 2.38 bits per heavy atom. The van der Waals surface area contributed by atoms with Crippen molar-refractivity contribution in [2.45, 2.75) is 12.6 Å². The van der Waals surface area contributed by atoms with Crippen molar-refractivity contribution in [1.29, 1.82) is 0 Å². The second-order valence-electron chi connectivity index (χ2n) is 5.32. The molecule has 1 aliphatic rings. The number of nitrogen functional groups attached to an aromatic ring is 1. The molecule has 3 heterocycles. The van der Waals surface area contributed by atoms with Crippen molar-refractivity contribution < 1.29 is 14.3 Å². The van der Waals surface area contributed by atoms with Gasteiger partial charge in [0, 0.05) is 19.9 Å². The van der Waals surface area contributed by atoms with Gasteiger partial charge in [-0.25, -0.2) is 4.98 Å². The lowest BCUT2D eigenvalue weighted by Gasteiger charge is -2.31. The van der Waals surface area contributed by atoms with E-state index in [2.05, 4.69) is 20.4 Å². The Labute approximate surface area is 138 Å². The third-order valence-corrected chi connectivity index (χ3v) is 3.64. The largest absolute Gasteiger partial charge is 0.384 e. The molecular formula is C14H19N7O3. The Kier molecular flexibility index (Phi) is 4.96. The lowest BCUT2D eigenvalue weighted by Crippen LogP contribution is -2.42. The van der Waals surface area contributed by atoms with Gasteiger partial charge < -0.3 is 20.1 Å². The van der Waals surface area contributed by atoms with E-state index in [0.717, 1.165) is 0 Å². The highest BCUT2D eigenvalue weighted by Crippen LogP contribution is 2.20. The Hall–Kier alpha value is -2.59. The molecule has 1 fully saturated rings. The summed E-state index contributed by atoms with van der Waals surface area (Å²) in [6.07, 6.45) is 1.07. The van der Waals surface area contributed by atoms with Crippen molar-refractivity contribution in [3.05, 3.63) is 29.7 Å². The molecular weight excluding hydrogens is 314 g/mol. The number of methoxy groups -OCH3 is 1. The van der Waals surface area contributed by atoms with Crippen LogP contribution in [0.15, 0.2) is 18.3 Å². The van der Waals surface area contributed by atoms with E-state index in [-0.39, 0.29) is 5.91 Å². The van der Waals surface area contributed by atoms with Gasteiger partial charge in [-0.3, -0.25) is 4.79 Å². The molecule has 10 heteroatoms. The summed E-state index contributed by atoms with van der Waals surface area (Å²) in [5.74, 6) is 0.713. The van der Waals surface area contributed by atoms with Crippen LogP contribution in [0.3, 0.4) is 0 Å². The number of carbonyl (C=O) groups is 1. The number of nitrogens with zero attached hydrogens (tertiary/aromatic N) is 6. The van der Waals surface area contributed by atoms with Crippen molar-refractivity contribution in [3.8, 4) is 0 Å². The smallest absolute Gasteiger partial charge is 0.255 e. The van der Waals surface area contributed by atoms with Crippen molar-refractivity contribution in [2.75, 3.05) is 39.1 Å². The van der Waals surface area contributed by atoms with E-state index in [0.29, 0.717) is 50.1 Å². The number of carbonyl (C=O) groups excluding carboxylic acids is 1. The third-order valence-electron chi connectivity index (χ3n) is 3.64. The number of hydrogen-bond donors (Lipinski definition) is 1. The van der Waals surface area contributed by atoms with Crippen molar-refractivity contribution in [1.82, 2.24) is 30.1 Å². The first-order valence-corrected chi connectivity index (χ1v) is 7.56. The number of tetrazole rings is 1. The summed E-state index contributed by atoms with van der Waals surface area (Å²) >= 11 is 0. The molecule has 0 radical (unpaired) electrons. The molecule has 1 saturated heterocycles. The highest BCUT2D eigenvalue weighted by Gasteiger charge is 2.29. The average molecular weight is 333 g/mol. The zero-order valence-corrected chi connectivity index (χ0v) is 13.3. The van der Waals surface area contributed by atoms with E-state index in [4.69, 9.17) is 15.2 Å². The normalized spacial score (nSPS) is 17.9. The van der Waals surface area contributed by atoms with Crippen LogP contribution in [0.5, 0.6) is 0 Å².